The van der Waals surface area contributed by atoms with E-state index >= 15 is 0 Å². The Morgan fingerprint density at radius 3 is 2.95 bits per heavy atom. The molecular weight excluding hydrogens is 274 g/mol. The van der Waals surface area contributed by atoms with E-state index in [2.05, 4.69) is 15.3 Å². The number of rotatable bonds is 6. The lowest BCUT2D eigenvalue weighted by molar-refractivity contribution is -0.380. The number of nitrogens with one attached hydrogen (secondary N) is 1. The van der Waals surface area contributed by atoms with E-state index < -0.39 is 23.2 Å². The fraction of sp³-hybridized carbons (Fsp3) is 0.300. The number of hydrogen-bond acceptors (Lipinski definition) is 7. The summed E-state index contributed by atoms with van der Waals surface area (Å²) in [6, 6.07) is 1.33. The van der Waals surface area contributed by atoms with E-state index in [1.54, 1.807) is 6.92 Å². The lowest BCUT2D eigenvalue weighted by atomic mass is 10.4. The first-order valence-electron chi connectivity index (χ1n) is 5.23. The Balaban J connectivity index is 2.42. The Bertz CT molecular complexity index is 511. The van der Waals surface area contributed by atoms with Gasteiger partial charge in [0, 0.05) is 17.0 Å². The minimum Gasteiger partial charge on any atom is -0.466 e. The highest BCUT2D eigenvalue weighted by molar-refractivity contribution is 7.13. The zero-order valence-corrected chi connectivity index (χ0v) is 10.8. The molecule has 0 aliphatic carbocycles. The maximum absolute atomic E-state index is 11.2. The Labute approximate surface area is 112 Å². The molecule has 0 aliphatic rings. The maximum atomic E-state index is 11.2. The van der Waals surface area contributed by atoms with Crippen molar-refractivity contribution in [2.24, 2.45) is 5.10 Å². The summed E-state index contributed by atoms with van der Waals surface area (Å²) in [5.74, 6) is -1.25. The van der Waals surface area contributed by atoms with Crippen LogP contribution in [0.3, 0.4) is 0 Å². The van der Waals surface area contributed by atoms with Crippen LogP contribution in [0.25, 0.3) is 0 Å². The molecule has 8 nitrogen and oxygen atoms in total. The molecule has 1 aromatic heterocycles. The van der Waals surface area contributed by atoms with Crippen molar-refractivity contribution in [3.05, 3.63) is 27.1 Å². The lowest BCUT2D eigenvalue weighted by Gasteiger charge is -1.99. The molecule has 19 heavy (non-hydrogen) atoms. The quantitative estimate of drug-likeness (QED) is 0.276. The first kappa shape index (κ1) is 14.8. The van der Waals surface area contributed by atoms with Crippen LogP contribution in [0.15, 0.2) is 16.5 Å². The summed E-state index contributed by atoms with van der Waals surface area (Å²) >= 11 is 0.957. The first-order chi connectivity index (χ1) is 9.02. The molecule has 0 unspecified atom stereocenters. The second kappa shape index (κ2) is 7.21. The zero-order valence-electron chi connectivity index (χ0n) is 9.99. The minimum absolute atomic E-state index is 0.0145. The van der Waals surface area contributed by atoms with E-state index in [1.165, 1.54) is 17.7 Å². The third-order valence-corrected chi connectivity index (χ3v) is 2.70. The van der Waals surface area contributed by atoms with Gasteiger partial charge in [-0.3, -0.25) is 19.7 Å². The summed E-state index contributed by atoms with van der Waals surface area (Å²) in [6.45, 7) is 1.84. The standard InChI is InChI=1S/C10H11N3O5S/c1-2-18-10(15)4-8(14)12-11-5-7-3-9(13(16)17)19-6-7/h3,5-6H,2,4H2,1H3,(H,12,14). The highest BCUT2D eigenvalue weighted by Gasteiger charge is 2.10. The van der Waals surface area contributed by atoms with Crippen LogP contribution >= 0.6 is 11.3 Å². The number of hydrazone groups is 1. The van der Waals surface area contributed by atoms with Gasteiger partial charge in [0.1, 0.15) is 6.42 Å². The molecule has 0 aliphatic heterocycles. The van der Waals surface area contributed by atoms with Gasteiger partial charge in [0.25, 0.3) is 5.91 Å². The molecule has 0 radical (unpaired) electrons. The summed E-state index contributed by atoms with van der Waals surface area (Å²) in [5.41, 5.74) is 2.62. The van der Waals surface area contributed by atoms with Gasteiger partial charge in [-0.15, -0.1) is 0 Å². The van der Waals surface area contributed by atoms with Crippen LogP contribution < -0.4 is 5.43 Å². The second-order valence-corrected chi connectivity index (χ2v) is 4.14. The molecular formula is C10H11N3O5S. The van der Waals surface area contributed by atoms with Crippen molar-refractivity contribution in [3.8, 4) is 0 Å². The number of carbonyl (C=O) groups is 2. The van der Waals surface area contributed by atoms with E-state index in [9.17, 15) is 19.7 Å². The predicted octanol–water partition coefficient (Wildman–Crippen LogP) is 1.06. The number of nitrogens with zero attached hydrogens (tertiary/aromatic N) is 2. The number of ether oxygens (including phenoxy) is 1. The van der Waals surface area contributed by atoms with Gasteiger partial charge in [-0.2, -0.15) is 5.10 Å². The van der Waals surface area contributed by atoms with Crippen LogP contribution in [0.4, 0.5) is 5.00 Å². The van der Waals surface area contributed by atoms with Crippen molar-refractivity contribution in [2.45, 2.75) is 13.3 Å². The van der Waals surface area contributed by atoms with Gasteiger partial charge in [-0.1, -0.05) is 11.3 Å². The normalized spacial score (nSPS) is 10.4. The third kappa shape index (κ3) is 5.25. The largest absolute Gasteiger partial charge is 0.466 e. The number of nitro groups is 1. The van der Waals surface area contributed by atoms with E-state index in [0.29, 0.717) is 5.56 Å². The fourth-order valence-corrected chi connectivity index (χ4v) is 1.74. The van der Waals surface area contributed by atoms with Crippen LogP contribution in [0, 0.1) is 10.1 Å². The van der Waals surface area contributed by atoms with Gasteiger partial charge in [-0.25, -0.2) is 5.43 Å². The highest BCUT2D eigenvalue weighted by Crippen LogP contribution is 2.21. The molecule has 0 aromatic carbocycles. The number of esters is 1. The second-order valence-electron chi connectivity index (χ2n) is 3.25. The highest BCUT2D eigenvalue weighted by atomic mass is 32.1. The summed E-state index contributed by atoms with van der Waals surface area (Å²) in [7, 11) is 0. The van der Waals surface area contributed by atoms with Crippen molar-refractivity contribution in [1.29, 1.82) is 0 Å². The predicted molar refractivity (Wildman–Crippen MR) is 68.0 cm³/mol. The number of amides is 1. The Hall–Kier alpha value is -2.29. The summed E-state index contributed by atoms with van der Waals surface area (Å²) in [4.78, 5) is 32.1. The van der Waals surface area contributed by atoms with Gasteiger partial charge in [-0.05, 0) is 6.92 Å². The van der Waals surface area contributed by atoms with Crippen molar-refractivity contribution in [3.63, 3.8) is 0 Å². The van der Waals surface area contributed by atoms with Gasteiger partial charge < -0.3 is 4.74 Å². The molecule has 0 fully saturated rings. The van der Waals surface area contributed by atoms with Crippen molar-refractivity contribution in [1.82, 2.24) is 5.43 Å². The molecule has 1 amide bonds. The fourth-order valence-electron chi connectivity index (χ4n) is 1.06. The monoisotopic (exact) mass is 285 g/mol. The van der Waals surface area contributed by atoms with Gasteiger partial charge in [0.05, 0.1) is 17.7 Å². The number of thiophene rings is 1. The van der Waals surface area contributed by atoms with Gasteiger partial charge >= 0.3 is 11.0 Å². The Morgan fingerprint density at radius 2 is 2.37 bits per heavy atom. The number of carbonyl (C=O) groups excluding carboxylic acids is 2. The van der Waals surface area contributed by atoms with Crippen LogP contribution in [-0.2, 0) is 14.3 Å². The topological polar surface area (TPSA) is 111 Å². The van der Waals surface area contributed by atoms with Crippen LogP contribution in [-0.4, -0.2) is 29.6 Å². The van der Waals surface area contributed by atoms with Crippen molar-refractivity contribution >= 4 is 34.4 Å². The SMILES string of the molecule is CCOC(=O)CC(=O)NN=Cc1csc([N+](=O)[O-])c1. The van der Waals surface area contributed by atoms with E-state index in [0.717, 1.165) is 11.3 Å². The maximum Gasteiger partial charge on any atom is 0.324 e. The molecule has 1 N–H and O–H groups in total. The van der Waals surface area contributed by atoms with E-state index in [1.807, 2.05) is 0 Å². The summed E-state index contributed by atoms with van der Waals surface area (Å²) in [6.07, 6.45) is 0.835. The molecule has 0 saturated heterocycles. The molecule has 1 rings (SSSR count). The Morgan fingerprint density at radius 1 is 1.63 bits per heavy atom. The van der Waals surface area contributed by atoms with Crippen LogP contribution in [0.5, 0.6) is 0 Å². The molecule has 1 aromatic rings. The molecule has 102 valence electrons. The lowest BCUT2D eigenvalue weighted by Crippen LogP contribution is -2.22. The smallest absolute Gasteiger partial charge is 0.324 e. The molecule has 9 heteroatoms. The van der Waals surface area contributed by atoms with E-state index in [-0.39, 0.29) is 11.6 Å². The van der Waals surface area contributed by atoms with Crippen LogP contribution in [0.1, 0.15) is 18.9 Å². The summed E-state index contributed by atoms with van der Waals surface area (Å²) in [5, 5.41) is 15.5. The zero-order chi connectivity index (χ0) is 14.3. The first-order valence-corrected chi connectivity index (χ1v) is 6.11. The minimum atomic E-state index is -0.638. The molecule has 0 spiro atoms. The Kier molecular flexibility index (Phi) is 5.61. The van der Waals surface area contributed by atoms with Crippen molar-refractivity contribution < 1.29 is 19.2 Å². The molecule has 0 saturated carbocycles. The average molecular weight is 285 g/mol. The molecule has 0 bridgehead atoms. The van der Waals surface area contributed by atoms with E-state index in [4.69, 9.17) is 0 Å². The number of hydrogen-bond donors (Lipinski definition) is 1. The third-order valence-electron chi connectivity index (χ3n) is 1.80. The van der Waals surface area contributed by atoms with Crippen molar-refractivity contribution in [2.75, 3.05) is 6.61 Å². The average Bonchev–Trinajstić information content (AvgIpc) is 2.78. The summed E-state index contributed by atoms with van der Waals surface area (Å²) < 4.78 is 4.58. The van der Waals surface area contributed by atoms with Crippen LogP contribution in [0.2, 0.25) is 0 Å². The van der Waals surface area contributed by atoms with Gasteiger partial charge in [0.2, 0.25) is 0 Å². The van der Waals surface area contributed by atoms with Gasteiger partial charge in [0.15, 0.2) is 0 Å². The molecule has 0 atom stereocenters. The molecule has 1 heterocycles.